The fourth-order valence-corrected chi connectivity index (χ4v) is 4.82. The molecule has 1 N–H and O–H groups in total. The number of rotatable bonds is 2. The van der Waals surface area contributed by atoms with Crippen molar-refractivity contribution in [3.63, 3.8) is 0 Å². The van der Waals surface area contributed by atoms with Gasteiger partial charge in [0.2, 0.25) is 5.91 Å². The van der Waals surface area contributed by atoms with Gasteiger partial charge in [0.15, 0.2) is 0 Å². The molecule has 1 saturated heterocycles. The number of carbonyl (C=O) groups excluding carboxylic acids is 2. The number of hydrogen-bond acceptors (Lipinski definition) is 2. The van der Waals surface area contributed by atoms with Crippen molar-refractivity contribution in [2.24, 2.45) is 5.92 Å². The number of amides is 3. The van der Waals surface area contributed by atoms with E-state index in [2.05, 4.69) is 11.4 Å². The summed E-state index contributed by atoms with van der Waals surface area (Å²) in [5.41, 5.74) is 1.50. The maximum Gasteiger partial charge on any atom is 0.416 e. The van der Waals surface area contributed by atoms with Crippen LogP contribution in [0.2, 0.25) is 0 Å². The molecule has 8 heteroatoms. The number of urea groups is 1. The number of benzene rings is 2. The summed E-state index contributed by atoms with van der Waals surface area (Å²) < 4.78 is 40.1. The van der Waals surface area contributed by atoms with Gasteiger partial charge in [0.25, 0.3) is 0 Å². The Labute approximate surface area is 197 Å². The van der Waals surface area contributed by atoms with Crippen molar-refractivity contribution in [1.29, 1.82) is 0 Å². The monoisotopic (exact) mass is 473 g/mol. The maximum atomic E-state index is 13.7. The molecule has 2 aromatic carbocycles. The minimum atomic E-state index is -4.48. The largest absolute Gasteiger partial charge is 0.416 e. The van der Waals surface area contributed by atoms with Crippen LogP contribution in [0.3, 0.4) is 0 Å². The van der Waals surface area contributed by atoms with E-state index in [1.807, 2.05) is 39.0 Å². The first-order chi connectivity index (χ1) is 15.9. The lowest BCUT2D eigenvalue weighted by molar-refractivity contribution is -0.137. The minimum Gasteiger partial charge on any atom is -0.338 e. The molecule has 1 fully saturated rings. The molecule has 5 nitrogen and oxygen atoms in total. The van der Waals surface area contributed by atoms with Gasteiger partial charge in [-0.3, -0.25) is 4.79 Å². The Morgan fingerprint density at radius 2 is 1.65 bits per heavy atom. The summed E-state index contributed by atoms with van der Waals surface area (Å²) in [5, 5.41) is 2.90. The smallest absolute Gasteiger partial charge is 0.338 e. The molecule has 0 bridgehead atoms. The molecule has 0 aliphatic carbocycles. The number of nitrogens with one attached hydrogen (secondary N) is 1. The van der Waals surface area contributed by atoms with E-state index in [-0.39, 0.29) is 25.0 Å². The van der Waals surface area contributed by atoms with Gasteiger partial charge in [0, 0.05) is 37.6 Å². The fourth-order valence-electron chi connectivity index (χ4n) is 4.82. The second kappa shape index (κ2) is 8.96. The molecule has 182 valence electrons. The molecule has 0 saturated carbocycles. The standard InChI is InChI=1S/C26H30F3N3O2/c1-25(2,3)30-24(34)32-15-21(18-9-6-10-20(13-18)26(27,28)29)22(16-32)23(33)31-12-11-17-7-4-5-8-19(17)14-31/h4-10,13,21-22H,11-12,14-16H2,1-3H3,(H,30,34). The highest BCUT2D eigenvalue weighted by Crippen LogP contribution is 2.38. The Kier molecular flexibility index (Phi) is 6.36. The molecule has 0 spiro atoms. The van der Waals surface area contributed by atoms with Crippen LogP contribution in [0.1, 0.15) is 48.9 Å². The summed E-state index contributed by atoms with van der Waals surface area (Å²) in [6, 6.07) is 12.8. The van der Waals surface area contributed by atoms with E-state index in [4.69, 9.17) is 0 Å². The fraction of sp³-hybridized carbons (Fsp3) is 0.462. The molecule has 0 radical (unpaired) electrons. The van der Waals surface area contributed by atoms with E-state index in [9.17, 15) is 22.8 Å². The highest BCUT2D eigenvalue weighted by molar-refractivity contribution is 5.83. The topological polar surface area (TPSA) is 52.7 Å². The lowest BCUT2D eigenvalue weighted by Crippen LogP contribution is -2.48. The summed E-state index contributed by atoms with van der Waals surface area (Å²) in [4.78, 5) is 29.9. The molecule has 2 atom stereocenters. The Balaban J connectivity index is 1.62. The number of carbonyl (C=O) groups is 2. The minimum absolute atomic E-state index is 0.122. The lowest BCUT2D eigenvalue weighted by atomic mass is 9.86. The first-order valence-electron chi connectivity index (χ1n) is 11.5. The molecule has 2 aromatic rings. The summed E-state index contributed by atoms with van der Waals surface area (Å²) >= 11 is 0. The zero-order valence-corrected chi connectivity index (χ0v) is 19.7. The van der Waals surface area contributed by atoms with Crippen molar-refractivity contribution < 1.29 is 22.8 Å². The number of halogens is 3. The number of likely N-dealkylation sites (tertiary alicyclic amines) is 1. The summed E-state index contributed by atoms with van der Waals surface area (Å²) in [6.45, 7) is 6.95. The first kappa shape index (κ1) is 24.1. The van der Waals surface area contributed by atoms with Crippen LogP contribution in [-0.4, -0.2) is 46.9 Å². The van der Waals surface area contributed by atoms with Crippen LogP contribution >= 0.6 is 0 Å². The molecule has 34 heavy (non-hydrogen) atoms. The van der Waals surface area contributed by atoms with Crippen LogP contribution in [0.15, 0.2) is 48.5 Å². The van der Waals surface area contributed by atoms with Gasteiger partial charge in [-0.25, -0.2) is 4.79 Å². The average molecular weight is 474 g/mol. The zero-order valence-electron chi connectivity index (χ0n) is 19.7. The number of fused-ring (bicyclic) bond motifs is 1. The van der Waals surface area contributed by atoms with Crippen LogP contribution in [0.5, 0.6) is 0 Å². The predicted octanol–water partition coefficient (Wildman–Crippen LogP) is 4.81. The number of hydrogen-bond donors (Lipinski definition) is 1. The van der Waals surface area contributed by atoms with Crippen LogP contribution in [0.4, 0.5) is 18.0 Å². The molecule has 2 aliphatic heterocycles. The van der Waals surface area contributed by atoms with Crippen molar-refractivity contribution >= 4 is 11.9 Å². The summed E-state index contributed by atoms with van der Waals surface area (Å²) in [6.07, 6.45) is -3.74. The van der Waals surface area contributed by atoms with E-state index in [1.165, 1.54) is 11.6 Å². The van der Waals surface area contributed by atoms with E-state index in [1.54, 1.807) is 15.9 Å². The molecule has 2 heterocycles. The van der Waals surface area contributed by atoms with E-state index in [0.717, 1.165) is 24.1 Å². The Bertz CT molecular complexity index is 1080. The van der Waals surface area contributed by atoms with E-state index < -0.39 is 29.1 Å². The third kappa shape index (κ3) is 5.21. The van der Waals surface area contributed by atoms with Gasteiger partial charge in [-0.05, 0) is 49.9 Å². The van der Waals surface area contributed by atoms with Gasteiger partial charge in [0.1, 0.15) is 0 Å². The second-order valence-electron chi connectivity index (χ2n) is 10.2. The second-order valence-corrected chi connectivity index (χ2v) is 10.2. The van der Waals surface area contributed by atoms with Crippen molar-refractivity contribution in [3.05, 3.63) is 70.8 Å². The Morgan fingerprint density at radius 1 is 0.941 bits per heavy atom. The van der Waals surface area contributed by atoms with Crippen LogP contribution in [-0.2, 0) is 23.9 Å². The van der Waals surface area contributed by atoms with E-state index >= 15 is 0 Å². The molecule has 2 unspecified atom stereocenters. The van der Waals surface area contributed by atoms with Crippen LogP contribution in [0, 0.1) is 5.92 Å². The lowest BCUT2D eigenvalue weighted by Gasteiger charge is -2.32. The van der Waals surface area contributed by atoms with Gasteiger partial charge >= 0.3 is 12.2 Å². The molecule has 3 amide bonds. The van der Waals surface area contributed by atoms with Gasteiger partial charge < -0.3 is 15.1 Å². The average Bonchev–Trinajstić information content (AvgIpc) is 3.22. The summed E-state index contributed by atoms with van der Waals surface area (Å²) in [5.74, 6) is -1.25. The SMILES string of the molecule is CC(C)(C)NC(=O)N1CC(C(=O)N2CCc3ccccc3C2)C(c2cccc(C(F)(F)F)c2)C1. The van der Waals surface area contributed by atoms with Gasteiger partial charge in [-0.1, -0.05) is 42.5 Å². The van der Waals surface area contributed by atoms with E-state index in [0.29, 0.717) is 18.7 Å². The van der Waals surface area contributed by atoms with Crippen LogP contribution < -0.4 is 5.32 Å². The maximum absolute atomic E-state index is 13.7. The number of alkyl halides is 3. The van der Waals surface area contributed by atoms with Crippen molar-refractivity contribution in [1.82, 2.24) is 15.1 Å². The van der Waals surface area contributed by atoms with Crippen molar-refractivity contribution in [3.8, 4) is 0 Å². The first-order valence-corrected chi connectivity index (χ1v) is 11.5. The predicted molar refractivity (Wildman–Crippen MR) is 123 cm³/mol. The van der Waals surface area contributed by atoms with Gasteiger partial charge in [0.05, 0.1) is 11.5 Å². The third-order valence-electron chi connectivity index (χ3n) is 6.49. The highest BCUT2D eigenvalue weighted by atomic mass is 19.4. The highest BCUT2D eigenvalue weighted by Gasteiger charge is 2.43. The van der Waals surface area contributed by atoms with Crippen molar-refractivity contribution in [2.75, 3.05) is 19.6 Å². The molecule has 4 rings (SSSR count). The van der Waals surface area contributed by atoms with Gasteiger partial charge in [-0.2, -0.15) is 13.2 Å². The third-order valence-corrected chi connectivity index (χ3v) is 6.49. The molecular weight excluding hydrogens is 443 g/mol. The Morgan fingerprint density at radius 3 is 2.32 bits per heavy atom. The quantitative estimate of drug-likeness (QED) is 0.681. The molecule has 2 aliphatic rings. The Hall–Kier alpha value is -3.03. The zero-order chi connectivity index (χ0) is 24.7. The molecular formula is C26H30F3N3O2. The molecule has 0 aromatic heterocycles. The normalized spacial score (nSPS) is 20.8. The number of nitrogens with zero attached hydrogens (tertiary/aromatic N) is 2. The summed E-state index contributed by atoms with van der Waals surface area (Å²) in [7, 11) is 0. The van der Waals surface area contributed by atoms with Crippen LogP contribution in [0.25, 0.3) is 0 Å². The van der Waals surface area contributed by atoms with Crippen molar-refractivity contribution in [2.45, 2.75) is 51.4 Å². The van der Waals surface area contributed by atoms with Gasteiger partial charge in [-0.15, -0.1) is 0 Å².